The van der Waals surface area contributed by atoms with Crippen molar-refractivity contribution in [2.75, 3.05) is 4.90 Å². The summed E-state index contributed by atoms with van der Waals surface area (Å²) in [7, 11) is 0. The number of benzene rings is 1. The first-order valence-corrected chi connectivity index (χ1v) is 11.5. The second kappa shape index (κ2) is 8.45. The lowest BCUT2D eigenvalue weighted by atomic mass is 9.96. The molecule has 1 saturated heterocycles. The number of rotatable bonds is 4. The second-order valence-electron chi connectivity index (χ2n) is 8.69. The molecule has 5 rings (SSSR count). The van der Waals surface area contributed by atoms with Crippen LogP contribution in [0.3, 0.4) is 0 Å². The summed E-state index contributed by atoms with van der Waals surface area (Å²) in [5, 5.41) is 4.27. The van der Waals surface area contributed by atoms with Crippen molar-refractivity contribution >= 4 is 23.0 Å². The number of hydrogen-bond donors (Lipinski definition) is 1. The van der Waals surface area contributed by atoms with Gasteiger partial charge in [-0.3, -0.25) is 4.98 Å². The van der Waals surface area contributed by atoms with Crippen LogP contribution in [0, 0.1) is 27.7 Å². The van der Waals surface area contributed by atoms with E-state index < -0.39 is 0 Å². The topological polar surface area (TPSA) is 46.0 Å². The van der Waals surface area contributed by atoms with Crippen molar-refractivity contribution in [1.82, 2.24) is 19.9 Å². The van der Waals surface area contributed by atoms with Gasteiger partial charge in [-0.05, 0) is 99.1 Å². The number of aryl methyl sites for hydroxylation is 3. The molecule has 1 aliphatic heterocycles. The van der Waals surface area contributed by atoms with Crippen molar-refractivity contribution < 1.29 is 0 Å². The van der Waals surface area contributed by atoms with E-state index in [4.69, 9.17) is 12.2 Å². The summed E-state index contributed by atoms with van der Waals surface area (Å²) < 4.78 is 2.23. The first kappa shape index (κ1) is 21.3. The van der Waals surface area contributed by atoms with E-state index >= 15 is 0 Å². The van der Waals surface area contributed by atoms with Crippen LogP contribution in [0.2, 0.25) is 0 Å². The van der Waals surface area contributed by atoms with Gasteiger partial charge in [-0.15, -0.1) is 0 Å². The number of anilines is 1. The third-order valence-electron chi connectivity index (χ3n) is 6.30. The van der Waals surface area contributed by atoms with E-state index in [0.29, 0.717) is 5.11 Å². The van der Waals surface area contributed by atoms with Crippen LogP contribution in [0.5, 0.6) is 0 Å². The Morgan fingerprint density at radius 1 is 0.848 bits per heavy atom. The van der Waals surface area contributed by atoms with Gasteiger partial charge in [0.1, 0.15) is 5.82 Å². The van der Waals surface area contributed by atoms with Crippen molar-refractivity contribution in [2.45, 2.75) is 39.8 Å². The molecule has 33 heavy (non-hydrogen) atoms. The van der Waals surface area contributed by atoms with Crippen LogP contribution in [-0.4, -0.2) is 19.6 Å². The van der Waals surface area contributed by atoms with Crippen molar-refractivity contribution in [3.8, 4) is 5.82 Å². The lowest BCUT2D eigenvalue weighted by Gasteiger charge is -2.28. The molecule has 1 aromatic carbocycles. The number of hydrogen-bond acceptors (Lipinski definition) is 3. The van der Waals surface area contributed by atoms with Crippen molar-refractivity contribution in [3.63, 3.8) is 0 Å². The molecule has 0 radical (unpaired) electrons. The minimum atomic E-state index is -0.0707. The lowest BCUT2D eigenvalue weighted by molar-refractivity contribution is 0.565. The molecule has 0 unspecified atom stereocenters. The van der Waals surface area contributed by atoms with E-state index in [2.05, 4.69) is 94.9 Å². The molecule has 4 aromatic rings. The third kappa shape index (κ3) is 3.80. The Kier molecular flexibility index (Phi) is 5.46. The van der Waals surface area contributed by atoms with Gasteiger partial charge >= 0.3 is 0 Å². The molecule has 1 aliphatic rings. The first-order chi connectivity index (χ1) is 15.9. The summed E-state index contributed by atoms with van der Waals surface area (Å²) in [4.78, 5) is 11.6. The predicted molar refractivity (Wildman–Crippen MR) is 137 cm³/mol. The normalized spacial score (nSPS) is 17.9. The number of nitrogens with zero attached hydrogens (tertiary/aromatic N) is 4. The molecular formula is C27H27N5S. The molecule has 0 saturated carbocycles. The summed E-state index contributed by atoms with van der Waals surface area (Å²) >= 11 is 5.88. The number of nitrogens with one attached hydrogen (secondary N) is 1. The Morgan fingerprint density at radius 2 is 1.67 bits per heavy atom. The van der Waals surface area contributed by atoms with Crippen LogP contribution >= 0.6 is 12.2 Å². The van der Waals surface area contributed by atoms with Crippen LogP contribution in [0.1, 0.15) is 45.9 Å². The van der Waals surface area contributed by atoms with E-state index in [9.17, 15) is 0 Å². The van der Waals surface area contributed by atoms with Gasteiger partial charge < -0.3 is 14.8 Å². The van der Waals surface area contributed by atoms with E-state index in [-0.39, 0.29) is 12.1 Å². The van der Waals surface area contributed by atoms with Crippen molar-refractivity contribution in [3.05, 3.63) is 107 Å². The zero-order valence-electron chi connectivity index (χ0n) is 19.3. The van der Waals surface area contributed by atoms with Gasteiger partial charge in [0.25, 0.3) is 0 Å². The predicted octanol–water partition coefficient (Wildman–Crippen LogP) is 5.68. The summed E-state index contributed by atoms with van der Waals surface area (Å²) in [6.07, 6.45) is 3.71. The van der Waals surface area contributed by atoms with Crippen molar-refractivity contribution in [2.24, 2.45) is 0 Å². The third-order valence-corrected chi connectivity index (χ3v) is 6.61. The highest BCUT2D eigenvalue weighted by Crippen LogP contribution is 2.43. The number of thiocarbonyl (C=S) groups is 1. The van der Waals surface area contributed by atoms with Gasteiger partial charge in [0.05, 0.1) is 17.8 Å². The largest absolute Gasteiger partial charge is 0.351 e. The molecule has 6 heteroatoms. The Balaban J connectivity index is 1.69. The van der Waals surface area contributed by atoms with E-state index in [1.807, 2.05) is 30.6 Å². The molecule has 2 atom stereocenters. The van der Waals surface area contributed by atoms with E-state index in [0.717, 1.165) is 28.6 Å². The SMILES string of the molecule is Cc1cccc(N2C(=S)N[C@H](c3ccccn3)[C@@H]2c2cc(C)n(-c3cc(C)ccn3)c2C)c1. The molecule has 0 spiro atoms. The minimum Gasteiger partial charge on any atom is -0.351 e. The highest BCUT2D eigenvalue weighted by atomic mass is 32.1. The summed E-state index contributed by atoms with van der Waals surface area (Å²) in [5.74, 6) is 0.932. The molecule has 4 heterocycles. The van der Waals surface area contributed by atoms with Gasteiger partial charge in [-0.25, -0.2) is 4.98 Å². The number of pyridine rings is 2. The fraction of sp³-hybridized carbons (Fsp3) is 0.222. The molecule has 1 fully saturated rings. The summed E-state index contributed by atoms with van der Waals surface area (Å²) in [6, 6.07) is 20.8. The van der Waals surface area contributed by atoms with Crippen molar-refractivity contribution in [1.29, 1.82) is 0 Å². The van der Waals surface area contributed by atoms with Gasteiger partial charge in [-0.1, -0.05) is 18.2 Å². The van der Waals surface area contributed by atoms with E-state index in [1.54, 1.807) is 0 Å². The molecule has 0 aliphatic carbocycles. The zero-order chi connectivity index (χ0) is 23.1. The fourth-order valence-electron chi connectivity index (χ4n) is 4.81. The maximum absolute atomic E-state index is 5.88. The van der Waals surface area contributed by atoms with Crippen LogP contribution in [0.15, 0.2) is 73.1 Å². The molecular weight excluding hydrogens is 426 g/mol. The zero-order valence-corrected chi connectivity index (χ0v) is 20.1. The molecule has 1 N–H and O–H groups in total. The average molecular weight is 454 g/mol. The second-order valence-corrected chi connectivity index (χ2v) is 9.08. The first-order valence-electron chi connectivity index (χ1n) is 11.1. The Labute approximate surface area is 200 Å². The maximum atomic E-state index is 5.88. The fourth-order valence-corrected chi connectivity index (χ4v) is 5.15. The number of aromatic nitrogens is 3. The van der Waals surface area contributed by atoms with Crippen LogP contribution in [-0.2, 0) is 0 Å². The highest BCUT2D eigenvalue weighted by Gasteiger charge is 2.42. The van der Waals surface area contributed by atoms with Gasteiger partial charge in [0.2, 0.25) is 0 Å². The quantitative estimate of drug-likeness (QED) is 0.403. The molecule has 5 nitrogen and oxygen atoms in total. The Bertz CT molecular complexity index is 1330. The molecule has 0 bridgehead atoms. The van der Waals surface area contributed by atoms with Gasteiger partial charge in [-0.2, -0.15) is 0 Å². The maximum Gasteiger partial charge on any atom is 0.174 e. The van der Waals surface area contributed by atoms with Gasteiger partial charge in [0.15, 0.2) is 5.11 Å². The Hall–Kier alpha value is -3.51. The smallest absolute Gasteiger partial charge is 0.174 e. The van der Waals surface area contributed by atoms with Crippen LogP contribution < -0.4 is 10.2 Å². The molecule has 0 amide bonds. The van der Waals surface area contributed by atoms with Crippen LogP contribution in [0.25, 0.3) is 5.82 Å². The molecule has 166 valence electrons. The monoisotopic (exact) mass is 453 g/mol. The lowest BCUT2D eigenvalue weighted by Crippen LogP contribution is -2.29. The van der Waals surface area contributed by atoms with Gasteiger partial charge in [0, 0.05) is 29.5 Å². The Morgan fingerprint density at radius 3 is 2.39 bits per heavy atom. The highest BCUT2D eigenvalue weighted by molar-refractivity contribution is 7.80. The van der Waals surface area contributed by atoms with E-state index in [1.165, 1.54) is 16.7 Å². The van der Waals surface area contributed by atoms with Crippen LogP contribution in [0.4, 0.5) is 5.69 Å². The molecule has 3 aromatic heterocycles. The summed E-state index contributed by atoms with van der Waals surface area (Å²) in [5.41, 5.74) is 7.94. The standard InChI is InChI=1S/C27H27N5S/c1-17-8-7-9-21(14-17)32-26(25(30-27(32)33)23-10-5-6-12-28-23)22-16-19(3)31(20(22)4)24-15-18(2)11-13-29-24/h5-16,25-26H,1-4H3,(H,30,33)/t25-,26+/m1/s1. The average Bonchev–Trinajstić information content (AvgIpc) is 3.29. The summed E-state index contributed by atoms with van der Waals surface area (Å²) in [6.45, 7) is 8.50. The minimum absolute atomic E-state index is 0.0426.